The van der Waals surface area contributed by atoms with E-state index in [0.717, 1.165) is 22.6 Å². The highest BCUT2D eigenvalue weighted by Crippen LogP contribution is 2.65. The lowest BCUT2D eigenvalue weighted by Gasteiger charge is -2.37. The van der Waals surface area contributed by atoms with E-state index in [1.807, 2.05) is 48.5 Å². The predicted molar refractivity (Wildman–Crippen MR) is 116 cm³/mol. The number of imide groups is 1. The molecule has 2 aromatic carbocycles. The molecule has 1 heterocycles. The van der Waals surface area contributed by atoms with Crippen LogP contribution in [0.5, 0.6) is 5.75 Å². The Morgan fingerprint density at radius 1 is 0.968 bits per heavy atom. The Balaban J connectivity index is 1.21. The molecule has 6 atom stereocenters. The average Bonchev–Trinajstić information content (AvgIpc) is 3.57. The zero-order valence-corrected chi connectivity index (χ0v) is 17.5. The minimum atomic E-state index is -0.236. The van der Waals surface area contributed by atoms with Crippen LogP contribution in [0.4, 0.5) is 0 Å². The van der Waals surface area contributed by atoms with Crippen molar-refractivity contribution in [2.75, 3.05) is 0 Å². The molecule has 3 fully saturated rings. The highest BCUT2D eigenvalue weighted by Gasteiger charge is 2.67. The van der Waals surface area contributed by atoms with Crippen molar-refractivity contribution < 1.29 is 14.3 Å². The number of ether oxygens (including phenoxy) is 1. The number of allylic oxidation sites excluding steroid dienone is 2. The number of nitrogens with zero attached hydrogens (tertiary/aromatic N) is 2. The molecule has 7 rings (SSSR count). The number of carbonyl (C=O) groups excluding carboxylic acids is 2. The molecule has 1 saturated heterocycles. The standard InChI is InChI=1S/C25H21ClN2O3/c26-16-7-5-14(6-8-16)13-31-21-4-2-1-3-15(21)12-27-28-24(29)22-17-9-10-18(20-11-19(17)20)23(22)25(28)30/h1-10,12,17-20,22-23H,11,13H2/b27-12-/t17-,18-,19-,20+,22-,23+/m0/s1. The molecule has 1 aliphatic heterocycles. The van der Waals surface area contributed by atoms with Crippen LogP contribution in [0.3, 0.4) is 0 Å². The molecular formula is C25H21ClN2O3. The topological polar surface area (TPSA) is 59.0 Å². The minimum Gasteiger partial charge on any atom is -0.488 e. The number of carbonyl (C=O) groups is 2. The van der Waals surface area contributed by atoms with Gasteiger partial charge < -0.3 is 4.74 Å². The summed E-state index contributed by atoms with van der Waals surface area (Å²) < 4.78 is 5.96. The number of rotatable bonds is 5. The van der Waals surface area contributed by atoms with Crippen molar-refractivity contribution in [3.8, 4) is 5.75 Å². The Morgan fingerprint density at radius 2 is 1.61 bits per heavy atom. The molecule has 0 spiro atoms. The molecule has 0 aromatic heterocycles. The number of para-hydroxylation sites is 1. The van der Waals surface area contributed by atoms with Gasteiger partial charge >= 0.3 is 0 Å². The molecule has 2 saturated carbocycles. The number of benzene rings is 2. The van der Waals surface area contributed by atoms with Crippen LogP contribution in [0.1, 0.15) is 17.5 Å². The average molecular weight is 433 g/mol. The van der Waals surface area contributed by atoms with E-state index in [-0.39, 0.29) is 35.5 Å². The van der Waals surface area contributed by atoms with E-state index in [0.29, 0.717) is 29.2 Å². The quantitative estimate of drug-likeness (QED) is 0.402. The van der Waals surface area contributed by atoms with E-state index in [4.69, 9.17) is 16.3 Å². The lowest BCUT2D eigenvalue weighted by atomic mass is 9.63. The summed E-state index contributed by atoms with van der Waals surface area (Å²) in [5, 5.41) is 6.11. The molecule has 6 heteroatoms. The minimum absolute atomic E-state index is 0.157. The van der Waals surface area contributed by atoms with E-state index >= 15 is 0 Å². The maximum absolute atomic E-state index is 13.1. The van der Waals surface area contributed by atoms with Gasteiger partial charge in [0, 0.05) is 10.6 Å². The van der Waals surface area contributed by atoms with Crippen LogP contribution in [0.15, 0.2) is 65.8 Å². The Hall–Kier alpha value is -2.92. The second kappa shape index (κ2) is 7.06. The first-order valence-electron chi connectivity index (χ1n) is 10.7. The summed E-state index contributed by atoms with van der Waals surface area (Å²) in [4.78, 5) is 26.1. The summed E-state index contributed by atoms with van der Waals surface area (Å²) in [5.74, 6) is 1.42. The number of hydrogen-bond acceptors (Lipinski definition) is 4. The van der Waals surface area contributed by atoms with Crippen LogP contribution in [-0.4, -0.2) is 23.0 Å². The van der Waals surface area contributed by atoms with Crippen molar-refractivity contribution in [1.29, 1.82) is 0 Å². The molecular weight excluding hydrogens is 412 g/mol. The summed E-state index contributed by atoms with van der Waals surface area (Å²) in [6, 6.07) is 14.9. The normalized spacial score (nSPS) is 32.5. The molecule has 156 valence electrons. The van der Waals surface area contributed by atoms with Gasteiger partial charge in [-0.05, 0) is 59.9 Å². The monoisotopic (exact) mass is 432 g/mol. The van der Waals surface area contributed by atoms with Gasteiger partial charge in [-0.3, -0.25) is 9.59 Å². The van der Waals surface area contributed by atoms with E-state index in [1.165, 1.54) is 0 Å². The Kier molecular flexibility index (Phi) is 4.29. The first-order chi connectivity index (χ1) is 15.1. The molecule has 0 unspecified atom stereocenters. The van der Waals surface area contributed by atoms with Gasteiger partial charge in [0.1, 0.15) is 12.4 Å². The maximum Gasteiger partial charge on any atom is 0.254 e. The zero-order valence-electron chi connectivity index (χ0n) is 16.7. The maximum atomic E-state index is 13.1. The molecule has 2 amide bonds. The van der Waals surface area contributed by atoms with Crippen molar-refractivity contribution in [3.05, 3.63) is 76.8 Å². The summed E-state index contributed by atoms with van der Waals surface area (Å²) >= 11 is 5.94. The molecule has 5 aliphatic rings. The Labute approximate surface area is 185 Å². The third-order valence-electron chi connectivity index (χ3n) is 7.18. The number of amides is 2. The molecule has 0 radical (unpaired) electrons. The molecule has 2 aromatic rings. The van der Waals surface area contributed by atoms with Crippen molar-refractivity contribution in [3.63, 3.8) is 0 Å². The fourth-order valence-electron chi connectivity index (χ4n) is 5.64. The van der Waals surface area contributed by atoms with E-state index in [1.54, 1.807) is 6.21 Å². The third kappa shape index (κ3) is 3.02. The smallest absolute Gasteiger partial charge is 0.254 e. The van der Waals surface area contributed by atoms with Crippen LogP contribution in [0.25, 0.3) is 0 Å². The van der Waals surface area contributed by atoms with Gasteiger partial charge in [-0.1, -0.05) is 48.0 Å². The largest absolute Gasteiger partial charge is 0.488 e. The van der Waals surface area contributed by atoms with Gasteiger partial charge in [-0.25, -0.2) is 0 Å². The van der Waals surface area contributed by atoms with Crippen LogP contribution in [0, 0.1) is 35.5 Å². The van der Waals surface area contributed by atoms with Crippen molar-refractivity contribution >= 4 is 29.6 Å². The van der Waals surface area contributed by atoms with Crippen LogP contribution < -0.4 is 4.74 Å². The SMILES string of the molecule is O=C1[C@@H]2[C@H]3C=C[C@@H]([C@@H]4C[C@H]34)[C@@H]2C(=O)N1/N=C\c1ccccc1OCc1ccc(Cl)cc1. The van der Waals surface area contributed by atoms with Gasteiger partial charge in [-0.2, -0.15) is 10.1 Å². The first kappa shape index (κ1) is 18.8. The van der Waals surface area contributed by atoms with Gasteiger partial charge in [0.2, 0.25) is 0 Å². The molecule has 5 nitrogen and oxygen atoms in total. The molecule has 0 N–H and O–H groups in total. The van der Waals surface area contributed by atoms with Crippen molar-refractivity contribution in [2.45, 2.75) is 13.0 Å². The first-order valence-corrected chi connectivity index (χ1v) is 11.1. The van der Waals surface area contributed by atoms with Gasteiger partial charge in [0.25, 0.3) is 11.8 Å². The van der Waals surface area contributed by atoms with Crippen LogP contribution >= 0.6 is 11.6 Å². The molecule has 31 heavy (non-hydrogen) atoms. The predicted octanol–water partition coefficient (Wildman–Crippen LogP) is 4.31. The van der Waals surface area contributed by atoms with Gasteiger partial charge in [0.05, 0.1) is 18.1 Å². The Bertz CT molecular complexity index is 1090. The second-order valence-electron chi connectivity index (χ2n) is 8.84. The third-order valence-corrected chi connectivity index (χ3v) is 7.43. The number of hydrazone groups is 1. The fraction of sp³-hybridized carbons (Fsp3) is 0.320. The van der Waals surface area contributed by atoms with Crippen molar-refractivity contribution in [2.24, 2.45) is 40.6 Å². The van der Waals surface area contributed by atoms with E-state index < -0.39 is 0 Å². The Morgan fingerprint density at radius 3 is 2.29 bits per heavy atom. The lowest BCUT2D eigenvalue weighted by Crippen LogP contribution is -2.40. The van der Waals surface area contributed by atoms with Crippen LogP contribution in [0.2, 0.25) is 5.02 Å². The van der Waals surface area contributed by atoms with E-state index in [2.05, 4.69) is 17.3 Å². The number of hydrogen-bond donors (Lipinski definition) is 0. The molecule has 4 aliphatic carbocycles. The zero-order chi connectivity index (χ0) is 21.1. The van der Waals surface area contributed by atoms with Crippen LogP contribution in [-0.2, 0) is 16.2 Å². The van der Waals surface area contributed by atoms with E-state index in [9.17, 15) is 9.59 Å². The lowest BCUT2D eigenvalue weighted by molar-refractivity contribution is -0.140. The summed E-state index contributed by atoms with van der Waals surface area (Å²) in [5.41, 5.74) is 1.71. The summed E-state index contributed by atoms with van der Waals surface area (Å²) in [6.45, 7) is 0.381. The fourth-order valence-corrected chi connectivity index (χ4v) is 5.76. The number of halogens is 1. The van der Waals surface area contributed by atoms with Gasteiger partial charge in [0.15, 0.2) is 0 Å². The highest BCUT2D eigenvalue weighted by atomic mass is 35.5. The summed E-state index contributed by atoms with van der Waals surface area (Å²) in [7, 11) is 0. The molecule has 2 bridgehead atoms. The summed E-state index contributed by atoms with van der Waals surface area (Å²) in [6.07, 6.45) is 7.04. The van der Waals surface area contributed by atoms with Crippen molar-refractivity contribution in [1.82, 2.24) is 5.01 Å². The highest BCUT2D eigenvalue weighted by molar-refractivity contribution is 6.30. The second-order valence-corrected chi connectivity index (χ2v) is 9.28. The van der Waals surface area contributed by atoms with Gasteiger partial charge in [-0.15, -0.1) is 0 Å².